The predicted molar refractivity (Wildman–Crippen MR) is 72.5 cm³/mol. The fourth-order valence-corrected chi connectivity index (χ4v) is 2.52. The molecule has 0 bridgehead atoms. The second-order valence-corrected chi connectivity index (χ2v) is 4.84. The Hall–Kier alpha value is -0.920. The quantitative estimate of drug-likeness (QED) is 0.713. The number of thioether (sulfide) groups is 1. The minimum absolute atomic E-state index is 0.846. The highest BCUT2D eigenvalue weighted by molar-refractivity contribution is 7.98. The van der Waals surface area contributed by atoms with Gasteiger partial charge in [-0.25, -0.2) is 0 Å². The van der Waals surface area contributed by atoms with E-state index in [0.717, 1.165) is 11.4 Å². The average Bonchev–Trinajstić information content (AvgIpc) is 2.33. The molecule has 0 aliphatic rings. The van der Waals surface area contributed by atoms with E-state index in [-0.39, 0.29) is 0 Å². The molecule has 0 fully saturated rings. The molecular formula is C14H13ClS. The first-order valence-electron chi connectivity index (χ1n) is 5.16. The van der Waals surface area contributed by atoms with Gasteiger partial charge in [0.05, 0.1) is 0 Å². The highest BCUT2D eigenvalue weighted by Crippen LogP contribution is 2.25. The molecule has 2 aromatic rings. The van der Waals surface area contributed by atoms with Crippen LogP contribution in [0.3, 0.4) is 0 Å². The third kappa shape index (κ3) is 2.60. The Bertz CT molecular complexity index is 480. The molecule has 2 aromatic carbocycles. The van der Waals surface area contributed by atoms with E-state index >= 15 is 0 Å². The molecule has 0 spiro atoms. The fraction of sp³-hybridized carbons (Fsp3) is 0.143. The lowest BCUT2D eigenvalue weighted by molar-refractivity contribution is 1.13. The number of benzene rings is 2. The van der Waals surface area contributed by atoms with Crippen LogP contribution in [0.15, 0.2) is 53.4 Å². The summed E-state index contributed by atoms with van der Waals surface area (Å²) in [7, 11) is 0. The zero-order chi connectivity index (χ0) is 11.4. The van der Waals surface area contributed by atoms with Gasteiger partial charge in [-0.3, -0.25) is 0 Å². The Morgan fingerprint density at radius 3 is 2.25 bits per heavy atom. The first kappa shape index (κ1) is 11.6. The van der Waals surface area contributed by atoms with Crippen molar-refractivity contribution >= 4 is 23.4 Å². The van der Waals surface area contributed by atoms with Crippen molar-refractivity contribution in [3.8, 4) is 0 Å². The topological polar surface area (TPSA) is 0 Å². The van der Waals surface area contributed by atoms with Crippen molar-refractivity contribution in [2.24, 2.45) is 0 Å². The number of rotatable bonds is 3. The highest BCUT2D eigenvalue weighted by Gasteiger charge is 2.04. The molecule has 0 aliphatic carbocycles. The van der Waals surface area contributed by atoms with Gasteiger partial charge in [-0.15, -0.1) is 11.8 Å². The normalized spacial score (nSPS) is 10.4. The Morgan fingerprint density at radius 2 is 1.56 bits per heavy atom. The van der Waals surface area contributed by atoms with Crippen LogP contribution < -0.4 is 0 Å². The van der Waals surface area contributed by atoms with Gasteiger partial charge < -0.3 is 0 Å². The van der Waals surface area contributed by atoms with E-state index in [2.05, 4.69) is 36.6 Å². The van der Waals surface area contributed by atoms with Crippen molar-refractivity contribution in [1.82, 2.24) is 0 Å². The molecule has 0 atom stereocenters. The van der Waals surface area contributed by atoms with Crippen molar-refractivity contribution in [3.05, 3.63) is 64.7 Å². The van der Waals surface area contributed by atoms with Crippen LogP contribution in [0.1, 0.15) is 11.1 Å². The first-order chi connectivity index (χ1) is 7.81. The molecule has 0 aromatic heterocycles. The van der Waals surface area contributed by atoms with Crippen molar-refractivity contribution in [2.45, 2.75) is 11.3 Å². The second kappa shape index (κ2) is 5.42. The molecule has 16 heavy (non-hydrogen) atoms. The number of hydrogen-bond acceptors (Lipinski definition) is 1. The van der Waals surface area contributed by atoms with Crippen LogP contribution in [0.5, 0.6) is 0 Å². The van der Waals surface area contributed by atoms with Gasteiger partial charge in [-0.05, 0) is 29.5 Å². The highest BCUT2D eigenvalue weighted by atomic mass is 35.5. The maximum Gasteiger partial charge on any atom is 0.0441 e. The molecule has 0 unspecified atom stereocenters. The molecule has 0 saturated carbocycles. The lowest BCUT2D eigenvalue weighted by Gasteiger charge is -2.08. The Labute approximate surface area is 106 Å². The molecule has 0 saturated heterocycles. The summed E-state index contributed by atoms with van der Waals surface area (Å²) in [6, 6.07) is 16.5. The smallest absolute Gasteiger partial charge is 0.0441 e. The van der Waals surface area contributed by atoms with Crippen LogP contribution in [0.2, 0.25) is 5.02 Å². The van der Waals surface area contributed by atoms with E-state index in [1.807, 2.05) is 18.2 Å². The van der Waals surface area contributed by atoms with Gasteiger partial charge in [0.1, 0.15) is 0 Å². The van der Waals surface area contributed by atoms with Gasteiger partial charge in [0.25, 0.3) is 0 Å². The third-order valence-electron chi connectivity index (χ3n) is 2.53. The summed E-state index contributed by atoms with van der Waals surface area (Å²) in [5, 5.41) is 0.846. The van der Waals surface area contributed by atoms with E-state index in [0.29, 0.717) is 0 Å². The summed E-state index contributed by atoms with van der Waals surface area (Å²) in [4.78, 5) is 1.32. The van der Waals surface area contributed by atoms with Crippen LogP contribution in [0.25, 0.3) is 0 Å². The van der Waals surface area contributed by atoms with E-state index < -0.39 is 0 Å². The van der Waals surface area contributed by atoms with Crippen LogP contribution in [0, 0.1) is 0 Å². The molecular weight excluding hydrogens is 236 g/mol. The van der Waals surface area contributed by atoms with Crippen LogP contribution in [0.4, 0.5) is 0 Å². The number of halogens is 1. The van der Waals surface area contributed by atoms with E-state index in [4.69, 9.17) is 11.6 Å². The lowest BCUT2D eigenvalue weighted by Crippen LogP contribution is -1.91. The second-order valence-electron chi connectivity index (χ2n) is 3.58. The van der Waals surface area contributed by atoms with Gasteiger partial charge in [0, 0.05) is 16.3 Å². The summed E-state index contributed by atoms with van der Waals surface area (Å²) >= 11 is 7.94. The summed E-state index contributed by atoms with van der Waals surface area (Å²) in [6.07, 6.45) is 3.00. The molecule has 0 nitrogen and oxygen atoms in total. The van der Waals surface area contributed by atoms with E-state index in [1.54, 1.807) is 11.8 Å². The average molecular weight is 249 g/mol. The zero-order valence-corrected chi connectivity index (χ0v) is 10.7. The molecule has 0 heterocycles. The van der Waals surface area contributed by atoms with Gasteiger partial charge in [0.15, 0.2) is 0 Å². The van der Waals surface area contributed by atoms with Gasteiger partial charge in [0.2, 0.25) is 0 Å². The van der Waals surface area contributed by atoms with Crippen molar-refractivity contribution < 1.29 is 0 Å². The first-order valence-corrected chi connectivity index (χ1v) is 6.77. The van der Waals surface area contributed by atoms with Crippen molar-refractivity contribution in [1.29, 1.82) is 0 Å². The van der Waals surface area contributed by atoms with Gasteiger partial charge in [-0.1, -0.05) is 48.0 Å². The monoisotopic (exact) mass is 248 g/mol. The molecule has 2 rings (SSSR count). The SMILES string of the molecule is CSc1ccccc1Cc1ccccc1Cl. The summed E-state index contributed by atoms with van der Waals surface area (Å²) in [6.45, 7) is 0. The Kier molecular flexibility index (Phi) is 3.92. The molecule has 0 radical (unpaired) electrons. The van der Waals surface area contributed by atoms with Gasteiger partial charge >= 0.3 is 0 Å². The summed E-state index contributed by atoms with van der Waals surface area (Å²) in [5.74, 6) is 0. The predicted octanol–water partition coefficient (Wildman–Crippen LogP) is 4.65. The fourth-order valence-electron chi connectivity index (χ4n) is 1.70. The molecule has 2 heteroatoms. The largest absolute Gasteiger partial charge is 0.129 e. The van der Waals surface area contributed by atoms with Gasteiger partial charge in [-0.2, -0.15) is 0 Å². The standard InChI is InChI=1S/C14H13ClS/c1-16-14-9-5-3-7-12(14)10-11-6-2-4-8-13(11)15/h2-9H,10H2,1H3. The van der Waals surface area contributed by atoms with Crippen LogP contribution in [-0.4, -0.2) is 6.26 Å². The van der Waals surface area contributed by atoms with Crippen molar-refractivity contribution in [3.63, 3.8) is 0 Å². The lowest BCUT2D eigenvalue weighted by atomic mass is 10.1. The molecule has 0 amide bonds. The minimum atomic E-state index is 0.846. The Balaban J connectivity index is 2.30. The molecule has 0 aliphatic heterocycles. The molecule has 82 valence electrons. The summed E-state index contributed by atoms with van der Waals surface area (Å²) in [5.41, 5.74) is 2.52. The Morgan fingerprint density at radius 1 is 0.938 bits per heavy atom. The van der Waals surface area contributed by atoms with E-state index in [9.17, 15) is 0 Å². The minimum Gasteiger partial charge on any atom is -0.129 e. The van der Waals surface area contributed by atoms with Crippen LogP contribution >= 0.6 is 23.4 Å². The van der Waals surface area contributed by atoms with Crippen LogP contribution in [-0.2, 0) is 6.42 Å². The third-order valence-corrected chi connectivity index (χ3v) is 3.74. The summed E-state index contributed by atoms with van der Waals surface area (Å²) < 4.78 is 0. The molecule has 0 N–H and O–H groups in total. The van der Waals surface area contributed by atoms with Crippen molar-refractivity contribution in [2.75, 3.05) is 6.26 Å². The number of hydrogen-bond donors (Lipinski definition) is 0. The maximum atomic E-state index is 6.16. The van der Waals surface area contributed by atoms with E-state index in [1.165, 1.54) is 16.0 Å². The maximum absolute atomic E-state index is 6.16. The zero-order valence-electron chi connectivity index (χ0n) is 9.11.